The molecule has 0 radical (unpaired) electrons. The van der Waals surface area contributed by atoms with Gasteiger partial charge in [-0.1, -0.05) is 23.7 Å². The van der Waals surface area contributed by atoms with Crippen molar-refractivity contribution in [2.45, 2.75) is 20.3 Å². The lowest BCUT2D eigenvalue weighted by Crippen LogP contribution is -2.51. The fourth-order valence-electron chi connectivity index (χ4n) is 3.79. The molecule has 3 aromatic rings. The van der Waals surface area contributed by atoms with Crippen LogP contribution in [0.2, 0.25) is 5.02 Å². The predicted octanol–water partition coefficient (Wildman–Crippen LogP) is 4.37. The number of carbonyl (C=O) groups is 2. The molecule has 0 bridgehead atoms. The van der Waals surface area contributed by atoms with Crippen LogP contribution in [0.1, 0.15) is 27.0 Å². The second kappa shape index (κ2) is 8.11. The molecule has 4 rings (SSSR count). The Morgan fingerprint density at radius 3 is 2.47 bits per heavy atom. The van der Waals surface area contributed by atoms with Gasteiger partial charge >= 0.3 is 0 Å². The van der Waals surface area contributed by atoms with Crippen molar-refractivity contribution in [2.24, 2.45) is 0 Å². The number of hydrogen-bond donors (Lipinski definition) is 0. The number of rotatable bonds is 3. The van der Waals surface area contributed by atoms with Crippen LogP contribution < -0.4 is 0 Å². The van der Waals surface area contributed by atoms with Crippen LogP contribution in [0.3, 0.4) is 0 Å². The average molecular weight is 429 g/mol. The van der Waals surface area contributed by atoms with Gasteiger partial charge in [-0.15, -0.1) is 0 Å². The number of piperazine rings is 1. The Morgan fingerprint density at radius 1 is 1.07 bits per heavy atom. The third-order valence-corrected chi connectivity index (χ3v) is 6.08. The Balaban J connectivity index is 1.40. The maximum atomic E-state index is 13.2. The van der Waals surface area contributed by atoms with Crippen molar-refractivity contribution in [2.75, 3.05) is 26.2 Å². The minimum absolute atomic E-state index is 0.00263. The zero-order chi connectivity index (χ0) is 21.4. The first-order valence-corrected chi connectivity index (χ1v) is 10.2. The van der Waals surface area contributed by atoms with Crippen LogP contribution in [0.15, 0.2) is 41.0 Å². The van der Waals surface area contributed by atoms with Crippen LogP contribution in [-0.4, -0.2) is 47.8 Å². The SMILES string of the molecule is Cc1ccc2c(CC(=O)N3CCN(C(=O)c4ccc(F)cc4Cl)CC3)coc2c1C. The van der Waals surface area contributed by atoms with Gasteiger partial charge < -0.3 is 14.2 Å². The molecule has 7 heteroatoms. The Morgan fingerprint density at radius 2 is 1.77 bits per heavy atom. The minimum atomic E-state index is -0.482. The fourth-order valence-corrected chi connectivity index (χ4v) is 4.04. The zero-order valence-electron chi connectivity index (χ0n) is 16.9. The molecule has 1 fully saturated rings. The Kier molecular flexibility index (Phi) is 5.52. The molecule has 156 valence electrons. The number of benzene rings is 2. The van der Waals surface area contributed by atoms with E-state index in [-0.39, 0.29) is 28.8 Å². The summed E-state index contributed by atoms with van der Waals surface area (Å²) in [4.78, 5) is 28.9. The third-order valence-electron chi connectivity index (χ3n) is 5.76. The van der Waals surface area contributed by atoms with Crippen LogP contribution in [0, 0.1) is 19.7 Å². The second-order valence-electron chi connectivity index (χ2n) is 7.62. The first-order valence-electron chi connectivity index (χ1n) is 9.83. The maximum absolute atomic E-state index is 13.2. The number of nitrogens with zero attached hydrogens (tertiary/aromatic N) is 2. The largest absolute Gasteiger partial charge is 0.464 e. The summed E-state index contributed by atoms with van der Waals surface area (Å²) in [5, 5.41) is 1.06. The molecule has 0 unspecified atom stereocenters. The molecule has 0 aliphatic carbocycles. The maximum Gasteiger partial charge on any atom is 0.255 e. The summed E-state index contributed by atoms with van der Waals surface area (Å²) in [5.41, 5.74) is 4.20. The Labute approximate surface area is 179 Å². The normalized spacial score (nSPS) is 14.4. The molecule has 1 aliphatic heterocycles. The van der Waals surface area contributed by atoms with E-state index in [0.717, 1.165) is 33.7 Å². The molecule has 2 heterocycles. The van der Waals surface area contributed by atoms with E-state index in [1.54, 1.807) is 16.1 Å². The summed E-state index contributed by atoms with van der Waals surface area (Å²) >= 11 is 6.01. The van der Waals surface area contributed by atoms with E-state index < -0.39 is 5.82 Å². The smallest absolute Gasteiger partial charge is 0.255 e. The monoisotopic (exact) mass is 428 g/mol. The van der Waals surface area contributed by atoms with Gasteiger partial charge in [0.15, 0.2) is 0 Å². The molecule has 0 N–H and O–H groups in total. The van der Waals surface area contributed by atoms with Gasteiger partial charge in [-0.3, -0.25) is 9.59 Å². The van der Waals surface area contributed by atoms with Crippen LogP contribution in [0.4, 0.5) is 4.39 Å². The summed E-state index contributed by atoms with van der Waals surface area (Å²) in [5.74, 6) is -0.731. The van der Waals surface area contributed by atoms with Gasteiger partial charge in [-0.2, -0.15) is 0 Å². The average Bonchev–Trinajstić information content (AvgIpc) is 3.13. The highest BCUT2D eigenvalue weighted by Gasteiger charge is 2.26. The van der Waals surface area contributed by atoms with E-state index in [0.29, 0.717) is 26.2 Å². The zero-order valence-corrected chi connectivity index (χ0v) is 17.6. The molecular formula is C23H22ClFN2O3. The van der Waals surface area contributed by atoms with Crippen molar-refractivity contribution in [3.05, 3.63) is 69.7 Å². The summed E-state index contributed by atoms with van der Waals surface area (Å²) in [6.07, 6.45) is 1.92. The minimum Gasteiger partial charge on any atom is -0.464 e. The van der Waals surface area contributed by atoms with Crippen LogP contribution in [0.5, 0.6) is 0 Å². The van der Waals surface area contributed by atoms with Crippen molar-refractivity contribution < 1.29 is 18.4 Å². The number of carbonyl (C=O) groups excluding carboxylic acids is 2. The van der Waals surface area contributed by atoms with Gasteiger partial charge in [0.05, 0.1) is 23.3 Å². The first kappa shape index (κ1) is 20.4. The number of amides is 2. The van der Waals surface area contributed by atoms with E-state index in [2.05, 4.69) is 0 Å². The van der Waals surface area contributed by atoms with E-state index >= 15 is 0 Å². The number of halogens is 2. The first-order chi connectivity index (χ1) is 14.3. The molecule has 1 aliphatic rings. The van der Waals surface area contributed by atoms with Gasteiger partial charge in [0.2, 0.25) is 5.91 Å². The number of hydrogen-bond acceptors (Lipinski definition) is 3. The molecule has 2 aromatic carbocycles. The number of furan rings is 1. The van der Waals surface area contributed by atoms with Gasteiger partial charge in [0, 0.05) is 37.1 Å². The molecule has 0 saturated carbocycles. The number of fused-ring (bicyclic) bond motifs is 1. The van der Waals surface area contributed by atoms with E-state index in [9.17, 15) is 14.0 Å². The van der Waals surface area contributed by atoms with Crippen molar-refractivity contribution in [1.29, 1.82) is 0 Å². The lowest BCUT2D eigenvalue weighted by molar-refractivity contribution is -0.131. The van der Waals surface area contributed by atoms with Crippen molar-refractivity contribution in [3.63, 3.8) is 0 Å². The van der Waals surface area contributed by atoms with Crippen LogP contribution in [-0.2, 0) is 11.2 Å². The molecule has 2 amide bonds. The van der Waals surface area contributed by atoms with Crippen molar-refractivity contribution in [1.82, 2.24) is 9.80 Å². The lowest BCUT2D eigenvalue weighted by Gasteiger charge is -2.35. The summed E-state index contributed by atoms with van der Waals surface area (Å²) in [6, 6.07) is 7.77. The van der Waals surface area contributed by atoms with Gasteiger partial charge in [-0.05, 0) is 43.2 Å². The summed E-state index contributed by atoms with van der Waals surface area (Å²) in [7, 11) is 0. The van der Waals surface area contributed by atoms with E-state index in [1.807, 2.05) is 26.0 Å². The molecule has 1 saturated heterocycles. The topological polar surface area (TPSA) is 53.8 Å². The Bertz CT molecular complexity index is 1130. The molecule has 0 atom stereocenters. The van der Waals surface area contributed by atoms with E-state index in [1.165, 1.54) is 12.1 Å². The second-order valence-corrected chi connectivity index (χ2v) is 8.03. The standard InChI is InChI=1S/C23H22ClFN2O3/c1-14-3-5-18-16(13-30-22(18)15(14)2)11-21(28)26-7-9-27(10-8-26)23(29)19-6-4-17(25)12-20(19)24/h3-6,12-13H,7-11H2,1-2H3. The summed E-state index contributed by atoms with van der Waals surface area (Å²) < 4.78 is 18.9. The predicted molar refractivity (Wildman–Crippen MR) is 113 cm³/mol. The molecule has 5 nitrogen and oxygen atoms in total. The van der Waals surface area contributed by atoms with Crippen LogP contribution in [0.25, 0.3) is 11.0 Å². The fraction of sp³-hybridized carbons (Fsp3) is 0.304. The molecular weight excluding hydrogens is 407 g/mol. The Hall–Kier alpha value is -2.86. The van der Waals surface area contributed by atoms with Crippen molar-refractivity contribution >= 4 is 34.4 Å². The van der Waals surface area contributed by atoms with Crippen LogP contribution >= 0.6 is 11.6 Å². The van der Waals surface area contributed by atoms with Gasteiger partial charge in [0.25, 0.3) is 5.91 Å². The molecule has 0 spiro atoms. The highest BCUT2D eigenvalue weighted by Crippen LogP contribution is 2.27. The molecule has 30 heavy (non-hydrogen) atoms. The highest BCUT2D eigenvalue weighted by atomic mass is 35.5. The highest BCUT2D eigenvalue weighted by molar-refractivity contribution is 6.33. The lowest BCUT2D eigenvalue weighted by atomic mass is 10.0. The quantitative estimate of drug-likeness (QED) is 0.622. The van der Waals surface area contributed by atoms with Crippen molar-refractivity contribution in [3.8, 4) is 0 Å². The van der Waals surface area contributed by atoms with E-state index in [4.69, 9.17) is 16.0 Å². The molecule has 1 aromatic heterocycles. The third kappa shape index (κ3) is 3.79. The van der Waals surface area contributed by atoms with Gasteiger partial charge in [-0.25, -0.2) is 4.39 Å². The number of aryl methyl sites for hydroxylation is 2. The van der Waals surface area contributed by atoms with Gasteiger partial charge in [0.1, 0.15) is 11.4 Å². The summed E-state index contributed by atoms with van der Waals surface area (Å²) in [6.45, 7) is 5.73.